The van der Waals surface area contributed by atoms with Crippen molar-refractivity contribution in [3.05, 3.63) is 89.9 Å². The Bertz CT molecular complexity index is 1160. The SMILES string of the molecule is CCNC(=O)NC(c1c(C)cccc1Sc1ccccc1)c1cnc2cccnn12. The fourth-order valence-corrected chi connectivity index (χ4v) is 4.49. The summed E-state index contributed by atoms with van der Waals surface area (Å²) >= 11 is 1.68. The van der Waals surface area contributed by atoms with Crippen LogP contribution < -0.4 is 10.6 Å². The Hall–Kier alpha value is -3.32. The van der Waals surface area contributed by atoms with E-state index in [1.807, 2.05) is 43.3 Å². The van der Waals surface area contributed by atoms with Crippen molar-refractivity contribution in [1.82, 2.24) is 25.2 Å². The van der Waals surface area contributed by atoms with E-state index in [0.29, 0.717) is 6.54 Å². The van der Waals surface area contributed by atoms with Crippen LogP contribution in [0, 0.1) is 6.92 Å². The van der Waals surface area contributed by atoms with Gasteiger partial charge in [0.25, 0.3) is 0 Å². The molecule has 0 saturated heterocycles. The number of aryl methyl sites for hydroxylation is 1. The lowest BCUT2D eigenvalue weighted by molar-refractivity contribution is 0.239. The van der Waals surface area contributed by atoms with E-state index >= 15 is 0 Å². The number of urea groups is 1. The molecule has 4 rings (SSSR count). The van der Waals surface area contributed by atoms with E-state index in [2.05, 4.69) is 51.9 Å². The Balaban J connectivity index is 1.84. The lowest BCUT2D eigenvalue weighted by atomic mass is 9.99. The van der Waals surface area contributed by atoms with Crippen molar-refractivity contribution in [3.8, 4) is 0 Å². The summed E-state index contributed by atoms with van der Waals surface area (Å²) in [6.45, 7) is 4.51. The molecule has 0 aliphatic rings. The predicted octanol–water partition coefficient (Wildman–Crippen LogP) is 4.60. The number of carbonyl (C=O) groups is 1. The molecule has 0 aliphatic carbocycles. The highest BCUT2D eigenvalue weighted by Gasteiger charge is 2.25. The summed E-state index contributed by atoms with van der Waals surface area (Å²) in [6, 6.07) is 19.5. The van der Waals surface area contributed by atoms with Gasteiger partial charge in [0.1, 0.15) is 6.04 Å². The lowest BCUT2D eigenvalue weighted by Gasteiger charge is -2.23. The summed E-state index contributed by atoms with van der Waals surface area (Å²) in [5.41, 5.74) is 3.66. The van der Waals surface area contributed by atoms with E-state index < -0.39 is 6.04 Å². The van der Waals surface area contributed by atoms with E-state index in [4.69, 9.17) is 0 Å². The Morgan fingerprint density at radius 2 is 1.93 bits per heavy atom. The Morgan fingerprint density at radius 1 is 1.10 bits per heavy atom. The first-order valence-electron chi connectivity index (χ1n) is 9.82. The molecular weight excluding hydrogens is 394 g/mol. The number of imidazole rings is 1. The number of hydrogen-bond donors (Lipinski definition) is 2. The molecule has 152 valence electrons. The number of carbonyl (C=O) groups excluding carboxylic acids is 1. The smallest absolute Gasteiger partial charge is 0.315 e. The van der Waals surface area contributed by atoms with Crippen LogP contribution in [0.1, 0.15) is 29.8 Å². The second-order valence-corrected chi connectivity index (χ2v) is 7.93. The summed E-state index contributed by atoms with van der Waals surface area (Å²) < 4.78 is 1.78. The van der Waals surface area contributed by atoms with Crippen molar-refractivity contribution in [2.75, 3.05) is 6.54 Å². The third kappa shape index (κ3) is 4.16. The zero-order valence-electron chi connectivity index (χ0n) is 16.9. The molecule has 7 heteroatoms. The molecule has 1 unspecified atom stereocenters. The molecule has 2 amide bonds. The van der Waals surface area contributed by atoms with Gasteiger partial charge >= 0.3 is 6.03 Å². The molecule has 6 nitrogen and oxygen atoms in total. The highest BCUT2D eigenvalue weighted by molar-refractivity contribution is 7.99. The van der Waals surface area contributed by atoms with Crippen LogP contribution >= 0.6 is 11.8 Å². The molecule has 2 aromatic carbocycles. The van der Waals surface area contributed by atoms with Crippen molar-refractivity contribution in [1.29, 1.82) is 0 Å². The summed E-state index contributed by atoms with van der Waals surface area (Å²) in [5, 5.41) is 10.4. The van der Waals surface area contributed by atoms with Crippen LogP contribution in [0.4, 0.5) is 4.79 Å². The Labute approximate surface area is 179 Å². The Morgan fingerprint density at radius 3 is 2.73 bits per heavy atom. The zero-order valence-corrected chi connectivity index (χ0v) is 17.7. The van der Waals surface area contributed by atoms with Gasteiger partial charge in [0.05, 0.1) is 11.9 Å². The van der Waals surface area contributed by atoms with Gasteiger partial charge in [-0.3, -0.25) is 0 Å². The molecule has 4 aromatic rings. The van der Waals surface area contributed by atoms with Gasteiger partial charge < -0.3 is 10.6 Å². The van der Waals surface area contributed by atoms with Gasteiger partial charge in [0, 0.05) is 22.5 Å². The summed E-state index contributed by atoms with van der Waals surface area (Å²) in [5.74, 6) is 0. The molecule has 2 N–H and O–H groups in total. The van der Waals surface area contributed by atoms with E-state index in [0.717, 1.165) is 32.3 Å². The molecule has 1 atom stereocenters. The maximum absolute atomic E-state index is 12.6. The third-order valence-electron chi connectivity index (χ3n) is 4.76. The molecular formula is C23H23N5OS. The normalized spacial score (nSPS) is 11.9. The van der Waals surface area contributed by atoms with Crippen LogP contribution in [-0.2, 0) is 0 Å². The standard InChI is InChI=1S/C23H23N5OS/c1-3-24-23(29)27-22(18-15-25-20-13-8-14-26-28(18)20)21-16(2)9-7-12-19(21)30-17-10-5-4-6-11-17/h4-15,22H,3H2,1-2H3,(H2,24,27,29). The van der Waals surface area contributed by atoms with Crippen LogP contribution in [-0.4, -0.2) is 27.2 Å². The summed E-state index contributed by atoms with van der Waals surface area (Å²) in [6.07, 6.45) is 3.50. The average molecular weight is 418 g/mol. The van der Waals surface area contributed by atoms with Gasteiger partial charge in [0.15, 0.2) is 5.65 Å². The molecule has 0 spiro atoms. The first-order chi connectivity index (χ1) is 14.7. The van der Waals surface area contributed by atoms with Crippen LogP contribution in [0.15, 0.2) is 82.8 Å². The van der Waals surface area contributed by atoms with Gasteiger partial charge in [-0.25, -0.2) is 14.3 Å². The van der Waals surface area contributed by atoms with Crippen molar-refractivity contribution in [2.24, 2.45) is 0 Å². The number of nitrogens with one attached hydrogen (secondary N) is 2. The summed E-state index contributed by atoms with van der Waals surface area (Å²) in [7, 11) is 0. The molecule has 2 heterocycles. The van der Waals surface area contributed by atoms with Gasteiger partial charge in [-0.05, 0) is 55.3 Å². The van der Waals surface area contributed by atoms with Crippen molar-refractivity contribution >= 4 is 23.4 Å². The fraction of sp³-hybridized carbons (Fsp3) is 0.174. The minimum absolute atomic E-state index is 0.229. The van der Waals surface area contributed by atoms with Gasteiger partial charge in [-0.1, -0.05) is 42.1 Å². The zero-order chi connectivity index (χ0) is 20.9. The fourth-order valence-electron chi connectivity index (χ4n) is 3.41. The highest BCUT2D eigenvalue weighted by atomic mass is 32.2. The minimum Gasteiger partial charge on any atom is -0.338 e. The Kier molecular flexibility index (Phi) is 5.99. The minimum atomic E-state index is -0.408. The predicted molar refractivity (Wildman–Crippen MR) is 119 cm³/mol. The first-order valence-corrected chi connectivity index (χ1v) is 10.6. The number of aromatic nitrogens is 3. The van der Waals surface area contributed by atoms with Crippen molar-refractivity contribution in [2.45, 2.75) is 29.7 Å². The maximum atomic E-state index is 12.6. The molecule has 0 saturated carbocycles. The van der Waals surface area contributed by atoms with E-state index in [-0.39, 0.29) is 6.03 Å². The van der Waals surface area contributed by atoms with E-state index in [1.54, 1.807) is 28.7 Å². The van der Waals surface area contributed by atoms with Gasteiger partial charge in [-0.15, -0.1) is 0 Å². The molecule has 0 radical (unpaired) electrons. The number of benzene rings is 2. The average Bonchev–Trinajstić information content (AvgIpc) is 3.18. The number of fused-ring (bicyclic) bond motifs is 1. The maximum Gasteiger partial charge on any atom is 0.315 e. The van der Waals surface area contributed by atoms with Crippen molar-refractivity contribution < 1.29 is 4.79 Å². The molecule has 0 bridgehead atoms. The number of amides is 2. The third-order valence-corrected chi connectivity index (χ3v) is 5.84. The van der Waals surface area contributed by atoms with Gasteiger partial charge in [0.2, 0.25) is 0 Å². The molecule has 2 aromatic heterocycles. The summed E-state index contributed by atoms with van der Waals surface area (Å²) in [4.78, 5) is 19.3. The van der Waals surface area contributed by atoms with Crippen LogP contribution in [0.5, 0.6) is 0 Å². The first kappa shape index (κ1) is 20.0. The van der Waals surface area contributed by atoms with Crippen molar-refractivity contribution in [3.63, 3.8) is 0 Å². The van der Waals surface area contributed by atoms with Crippen LogP contribution in [0.25, 0.3) is 5.65 Å². The second-order valence-electron chi connectivity index (χ2n) is 6.82. The van der Waals surface area contributed by atoms with E-state index in [1.165, 1.54) is 0 Å². The number of hydrogen-bond acceptors (Lipinski definition) is 4. The second kappa shape index (κ2) is 9.00. The van der Waals surface area contributed by atoms with E-state index in [9.17, 15) is 4.79 Å². The lowest BCUT2D eigenvalue weighted by Crippen LogP contribution is -2.39. The quantitative estimate of drug-likeness (QED) is 0.481. The largest absolute Gasteiger partial charge is 0.338 e. The number of rotatable bonds is 6. The molecule has 0 fully saturated rings. The number of nitrogens with zero attached hydrogens (tertiary/aromatic N) is 3. The van der Waals surface area contributed by atoms with Crippen LogP contribution in [0.2, 0.25) is 0 Å². The van der Waals surface area contributed by atoms with Gasteiger partial charge in [-0.2, -0.15) is 5.10 Å². The molecule has 30 heavy (non-hydrogen) atoms. The topological polar surface area (TPSA) is 71.3 Å². The molecule has 0 aliphatic heterocycles. The monoisotopic (exact) mass is 417 g/mol. The highest BCUT2D eigenvalue weighted by Crippen LogP contribution is 2.37. The van der Waals surface area contributed by atoms with Crippen LogP contribution in [0.3, 0.4) is 0 Å².